The van der Waals surface area contributed by atoms with E-state index in [2.05, 4.69) is 31.1 Å². The van der Waals surface area contributed by atoms with E-state index in [1.54, 1.807) is 0 Å². The molecule has 0 radical (unpaired) electrons. The van der Waals surface area contributed by atoms with E-state index in [0.717, 1.165) is 44.2 Å². The Morgan fingerprint density at radius 1 is 1.45 bits per heavy atom. The van der Waals surface area contributed by atoms with Crippen LogP contribution >= 0.6 is 11.3 Å². The van der Waals surface area contributed by atoms with Gasteiger partial charge in [0.15, 0.2) is 5.13 Å². The summed E-state index contributed by atoms with van der Waals surface area (Å²) in [6.07, 6.45) is 4.99. The van der Waals surface area contributed by atoms with Crippen LogP contribution < -0.4 is 10.2 Å². The van der Waals surface area contributed by atoms with E-state index < -0.39 is 0 Å². The Kier molecular flexibility index (Phi) is 6.26. The summed E-state index contributed by atoms with van der Waals surface area (Å²) in [6, 6.07) is 0. The van der Waals surface area contributed by atoms with Gasteiger partial charge in [-0.15, -0.1) is 11.3 Å². The van der Waals surface area contributed by atoms with Gasteiger partial charge in [-0.05, 0) is 25.8 Å². The van der Waals surface area contributed by atoms with Crippen molar-refractivity contribution in [2.24, 2.45) is 0 Å². The summed E-state index contributed by atoms with van der Waals surface area (Å²) in [4.78, 5) is 8.49. The molecule has 1 aromatic rings. The maximum absolute atomic E-state index is 5.72. The summed E-state index contributed by atoms with van der Waals surface area (Å²) in [5.74, 6) is 0. The van der Waals surface area contributed by atoms with Crippen molar-refractivity contribution in [3.63, 3.8) is 0 Å². The minimum absolute atomic E-state index is 0.385. The van der Waals surface area contributed by atoms with E-state index in [4.69, 9.17) is 9.72 Å². The quantitative estimate of drug-likeness (QED) is 0.800. The lowest BCUT2D eigenvalue weighted by Crippen LogP contribution is -2.28. The van der Waals surface area contributed by atoms with Gasteiger partial charge in [0.25, 0.3) is 0 Å². The number of aryl methyl sites for hydroxylation is 1. The predicted molar refractivity (Wildman–Crippen MR) is 85.7 cm³/mol. The number of thiazole rings is 1. The molecule has 0 spiro atoms. The Morgan fingerprint density at radius 2 is 2.30 bits per heavy atom. The number of aromatic nitrogens is 1. The van der Waals surface area contributed by atoms with Gasteiger partial charge in [-0.25, -0.2) is 4.98 Å². The predicted octanol–water partition coefficient (Wildman–Crippen LogP) is 2.82. The van der Waals surface area contributed by atoms with Gasteiger partial charge < -0.3 is 15.0 Å². The van der Waals surface area contributed by atoms with E-state index in [0.29, 0.717) is 6.10 Å². The molecule has 5 heteroatoms. The number of ether oxygens (including phenoxy) is 1. The second-order valence-electron chi connectivity index (χ2n) is 5.41. The molecule has 1 atom stereocenters. The molecule has 1 N–H and O–H groups in total. The second-order valence-corrected chi connectivity index (χ2v) is 6.47. The first-order chi connectivity index (χ1) is 9.74. The molecular weight excluding hydrogens is 270 g/mol. The Morgan fingerprint density at radius 3 is 2.95 bits per heavy atom. The van der Waals surface area contributed by atoms with Crippen LogP contribution in [0, 0.1) is 0 Å². The summed E-state index contributed by atoms with van der Waals surface area (Å²) in [7, 11) is 2.13. The first-order valence-electron chi connectivity index (χ1n) is 7.76. The van der Waals surface area contributed by atoms with Crippen LogP contribution in [-0.4, -0.2) is 37.8 Å². The highest BCUT2D eigenvalue weighted by atomic mass is 32.1. The molecule has 20 heavy (non-hydrogen) atoms. The number of likely N-dealkylation sites (N-methyl/N-ethyl adjacent to an activating group) is 1. The maximum atomic E-state index is 5.72. The number of hydrogen-bond acceptors (Lipinski definition) is 5. The average molecular weight is 297 g/mol. The highest BCUT2D eigenvalue weighted by molar-refractivity contribution is 7.15. The van der Waals surface area contributed by atoms with Crippen molar-refractivity contribution in [1.29, 1.82) is 0 Å². The van der Waals surface area contributed by atoms with E-state index in [1.165, 1.54) is 23.4 Å². The van der Waals surface area contributed by atoms with E-state index in [1.807, 2.05) is 11.3 Å². The molecule has 0 saturated carbocycles. The monoisotopic (exact) mass is 297 g/mol. The number of hydrogen-bond donors (Lipinski definition) is 1. The first-order valence-corrected chi connectivity index (χ1v) is 8.58. The summed E-state index contributed by atoms with van der Waals surface area (Å²) >= 11 is 1.83. The van der Waals surface area contributed by atoms with Crippen molar-refractivity contribution in [2.45, 2.75) is 52.2 Å². The van der Waals surface area contributed by atoms with Crippen molar-refractivity contribution in [3.05, 3.63) is 10.6 Å². The van der Waals surface area contributed by atoms with Crippen LogP contribution in [0.5, 0.6) is 0 Å². The van der Waals surface area contributed by atoms with Crippen molar-refractivity contribution < 1.29 is 4.74 Å². The van der Waals surface area contributed by atoms with Crippen LogP contribution in [0.4, 0.5) is 5.13 Å². The van der Waals surface area contributed by atoms with Crippen LogP contribution in [0.15, 0.2) is 0 Å². The van der Waals surface area contributed by atoms with Gasteiger partial charge >= 0.3 is 0 Å². The minimum atomic E-state index is 0.385. The zero-order valence-corrected chi connectivity index (χ0v) is 13.8. The molecule has 114 valence electrons. The van der Waals surface area contributed by atoms with E-state index in [9.17, 15) is 0 Å². The van der Waals surface area contributed by atoms with Crippen LogP contribution in [-0.2, 0) is 17.7 Å². The largest absolute Gasteiger partial charge is 0.376 e. The molecule has 1 aliphatic heterocycles. The summed E-state index contributed by atoms with van der Waals surface area (Å²) < 4.78 is 5.72. The van der Waals surface area contributed by atoms with E-state index in [-0.39, 0.29) is 0 Å². The fourth-order valence-electron chi connectivity index (χ4n) is 2.51. The Hall–Kier alpha value is -0.650. The number of rotatable bonds is 8. The molecule has 1 aromatic heterocycles. The summed E-state index contributed by atoms with van der Waals surface area (Å²) in [5, 5.41) is 4.55. The molecule has 1 fully saturated rings. The lowest BCUT2D eigenvalue weighted by Gasteiger charge is -2.19. The number of anilines is 1. The zero-order chi connectivity index (χ0) is 14.4. The van der Waals surface area contributed by atoms with Gasteiger partial charge in [-0.2, -0.15) is 0 Å². The maximum Gasteiger partial charge on any atom is 0.185 e. The molecule has 2 rings (SSSR count). The van der Waals surface area contributed by atoms with Gasteiger partial charge in [0.2, 0.25) is 0 Å². The van der Waals surface area contributed by atoms with Gasteiger partial charge in [0.1, 0.15) is 0 Å². The zero-order valence-electron chi connectivity index (χ0n) is 12.9. The Bertz CT molecular complexity index is 402. The lowest BCUT2D eigenvalue weighted by molar-refractivity contribution is 0.116. The summed E-state index contributed by atoms with van der Waals surface area (Å²) in [6.45, 7) is 8.18. The Balaban J connectivity index is 2.01. The van der Waals surface area contributed by atoms with Gasteiger partial charge in [-0.3, -0.25) is 0 Å². The topological polar surface area (TPSA) is 37.4 Å². The van der Waals surface area contributed by atoms with Gasteiger partial charge in [-0.1, -0.05) is 20.3 Å². The van der Waals surface area contributed by atoms with Crippen molar-refractivity contribution in [3.8, 4) is 0 Å². The molecule has 0 bridgehead atoms. The minimum Gasteiger partial charge on any atom is -0.376 e. The number of nitrogens with one attached hydrogen (secondary N) is 1. The molecule has 1 aliphatic rings. The molecule has 1 unspecified atom stereocenters. The van der Waals surface area contributed by atoms with Crippen molar-refractivity contribution in [2.75, 3.05) is 31.6 Å². The molecule has 4 nitrogen and oxygen atoms in total. The molecule has 0 aliphatic carbocycles. The fourth-order valence-corrected chi connectivity index (χ4v) is 3.56. The lowest BCUT2D eigenvalue weighted by atomic mass is 10.2. The van der Waals surface area contributed by atoms with Crippen LogP contribution in [0.3, 0.4) is 0 Å². The molecule has 1 saturated heterocycles. The second kappa shape index (κ2) is 7.96. The van der Waals surface area contributed by atoms with Gasteiger partial charge in [0.05, 0.1) is 11.8 Å². The standard InChI is InChI=1S/C15H27N3OS/c1-4-7-13-14(10-16-5-2)20-15(17-13)18(3)11-12-8-6-9-19-12/h12,16H,4-11H2,1-3H3. The highest BCUT2D eigenvalue weighted by Gasteiger charge is 2.20. The van der Waals surface area contributed by atoms with Crippen LogP contribution in [0.2, 0.25) is 0 Å². The molecule has 0 aromatic carbocycles. The van der Waals surface area contributed by atoms with Crippen molar-refractivity contribution in [1.82, 2.24) is 10.3 Å². The smallest absolute Gasteiger partial charge is 0.185 e. The average Bonchev–Trinajstić information content (AvgIpc) is 3.07. The molecule has 2 heterocycles. The fraction of sp³-hybridized carbons (Fsp3) is 0.800. The van der Waals surface area contributed by atoms with E-state index >= 15 is 0 Å². The normalized spacial score (nSPS) is 18.6. The number of nitrogens with zero attached hydrogens (tertiary/aromatic N) is 2. The Labute approximate surface area is 126 Å². The first kappa shape index (κ1) is 15.7. The van der Waals surface area contributed by atoms with Crippen LogP contribution in [0.1, 0.15) is 43.7 Å². The summed E-state index contributed by atoms with van der Waals surface area (Å²) in [5.41, 5.74) is 1.27. The van der Waals surface area contributed by atoms with Crippen molar-refractivity contribution >= 4 is 16.5 Å². The molecular formula is C15H27N3OS. The third-order valence-corrected chi connectivity index (χ3v) is 4.83. The molecule has 0 amide bonds. The highest BCUT2D eigenvalue weighted by Crippen LogP contribution is 2.27. The van der Waals surface area contributed by atoms with Crippen LogP contribution in [0.25, 0.3) is 0 Å². The SMILES string of the molecule is CCCc1nc(N(C)CC2CCCO2)sc1CNCC. The third-order valence-electron chi connectivity index (χ3n) is 3.62. The third kappa shape index (κ3) is 4.17. The van der Waals surface area contributed by atoms with Gasteiger partial charge in [0, 0.05) is 31.6 Å².